The van der Waals surface area contributed by atoms with Crippen molar-refractivity contribution in [3.05, 3.63) is 70.8 Å². The van der Waals surface area contributed by atoms with E-state index in [1.165, 1.54) is 17.2 Å². The lowest BCUT2D eigenvalue weighted by atomic mass is 10.1. The van der Waals surface area contributed by atoms with Crippen molar-refractivity contribution < 1.29 is 13.6 Å². The Hall–Kier alpha value is -3.62. The molecule has 9 heteroatoms. The lowest BCUT2D eigenvalue weighted by molar-refractivity contribution is 0.0786. The molecule has 31 heavy (non-hydrogen) atoms. The quantitative estimate of drug-likeness (QED) is 0.486. The number of carbonyl (C=O) groups is 1. The van der Waals surface area contributed by atoms with E-state index in [0.717, 1.165) is 21.3 Å². The summed E-state index contributed by atoms with van der Waals surface area (Å²) in [6.45, 7) is 4.14. The second-order valence-electron chi connectivity index (χ2n) is 7.60. The lowest BCUT2D eigenvalue weighted by Crippen LogP contribution is -2.26. The Bertz CT molecular complexity index is 1260. The monoisotopic (exact) mass is 424 g/mol. The highest BCUT2D eigenvalue weighted by atomic mass is 19.3. The third-order valence-electron chi connectivity index (χ3n) is 5.17. The van der Waals surface area contributed by atoms with Gasteiger partial charge in [-0.15, -0.1) is 0 Å². The van der Waals surface area contributed by atoms with Crippen molar-refractivity contribution in [2.75, 3.05) is 7.05 Å². The van der Waals surface area contributed by atoms with Gasteiger partial charge >= 0.3 is 0 Å². The van der Waals surface area contributed by atoms with E-state index in [4.69, 9.17) is 0 Å². The van der Waals surface area contributed by atoms with Gasteiger partial charge in [-0.25, -0.2) is 18.3 Å². The summed E-state index contributed by atoms with van der Waals surface area (Å²) in [5.74, 6) is -0.355. The Morgan fingerprint density at radius 3 is 2.52 bits per heavy atom. The highest BCUT2D eigenvalue weighted by Gasteiger charge is 2.24. The first-order valence-corrected chi connectivity index (χ1v) is 9.73. The summed E-state index contributed by atoms with van der Waals surface area (Å²) in [7, 11) is 3.46. The molecule has 0 saturated heterocycles. The maximum atomic E-state index is 13.8. The number of nitrogens with zero attached hydrogens (tertiary/aromatic N) is 6. The predicted octanol–water partition coefficient (Wildman–Crippen LogP) is 3.96. The molecule has 0 atom stereocenters. The van der Waals surface area contributed by atoms with Crippen molar-refractivity contribution in [2.45, 2.75) is 26.8 Å². The van der Waals surface area contributed by atoms with E-state index in [-0.39, 0.29) is 22.8 Å². The molecule has 1 amide bonds. The van der Waals surface area contributed by atoms with E-state index in [9.17, 15) is 13.6 Å². The van der Waals surface area contributed by atoms with Gasteiger partial charge in [-0.2, -0.15) is 10.2 Å². The van der Waals surface area contributed by atoms with Crippen LogP contribution in [-0.2, 0) is 13.6 Å². The topological polar surface area (TPSA) is 68.3 Å². The maximum absolute atomic E-state index is 13.8. The van der Waals surface area contributed by atoms with Crippen molar-refractivity contribution in [2.24, 2.45) is 7.05 Å². The minimum absolute atomic E-state index is 0.105. The molecule has 4 rings (SSSR count). The molecule has 3 heterocycles. The number of amides is 1. The molecular formula is C22H22F2N6O. The van der Waals surface area contributed by atoms with Gasteiger partial charge < -0.3 is 4.90 Å². The molecule has 4 aromatic rings. The zero-order valence-electron chi connectivity index (χ0n) is 17.7. The van der Waals surface area contributed by atoms with Crippen molar-refractivity contribution in [1.82, 2.24) is 29.3 Å². The smallest absolute Gasteiger partial charge is 0.280 e. The average molecular weight is 424 g/mol. The average Bonchev–Trinajstić information content (AvgIpc) is 3.29. The SMILES string of the molecule is Cc1ccc(-c2cc(C(F)F)n3ncc(C(=O)N(C)Cc4cn(C)nc4C)c3n2)cc1. The van der Waals surface area contributed by atoms with Crippen LogP contribution in [0.1, 0.15) is 39.3 Å². The van der Waals surface area contributed by atoms with Gasteiger partial charge in [0.25, 0.3) is 12.3 Å². The summed E-state index contributed by atoms with van der Waals surface area (Å²) < 4.78 is 30.3. The zero-order chi connectivity index (χ0) is 22.3. The van der Waals surface area contributed by atoms with E-state index < -0.39 is 6.43 Å². The number of carbonyl (C=O) groups excluding carboxylic acids is 1. The van der Waals surface area contributed by atoms with E-state index >= 15 is 0 Å². The minimum Gasteiger partial charge on any atom is -0.337 e. The third kappa shape index (κ3) is 3.90. The standard InChI is InChI=1S/C22H22F2N6O/c1-13-5-7-15(8-6-13)18-9-19(20(23)24)30-21(26-18)17(10-25-30)22(31)28(3)11-16-12-29(4)27-14(16)2/h5-10,12,20H,11H2,1-4H3. The molecule has 0 aliphatic heterocycles. The molecule has 1 aromatic carbocycles. The molecule has 7 nitrogen and oxygen atoms in total. The second kappa shape index (κ2) is 7.90. The van der Waals surface area contributed by atoms with Crippen LogP contribution in [0.25, 0.3) is 16.9 Å². The van der Waals surface area contributed by atoms with Crippen LogP contribution in [0, 0.1) is 13.8 Å². The number of hydrogen-bond acceptors (Lipinski definition) is 4. The number of rotatable bonds is 5. The molecule has 0 spiro atoms. The Morgan fingerprint density at radius 2 is 1.90 bits per heavy atom. The third-order valence-corrected chi connectivity index (χ3v) is 5.17. The summed E-state index contributed by atoms with van der Waals surface area (Å²) >= 11 is 0. The van der Waals surface area contributed by atoms with Crippen LogP contribution in [-0.4, -0.2) is 42.2 Å². The first kappa shape index (κ1) is 20.6. The largest absolute Gasteiger partial charge is 0.337 e. The molecule has 160 valence electrons. The fourth-order valence-corrected chi connectivity index (χ4v) is 3.50. The van der Waals surface area contributed by atoms with E-state index in [2.05, 4.69) is 15.2 Å². The first-order valence-electron chi connectivity index (χ1n) is 9.73. The van der Waals surface area contributed by atoms with E-state index in [0.29, 0.717) is 17.8 Å². The number of halogens is 2. The van der Waals surface area contributed by atoms with Crippen LogP contribution in [0.3, 0.4) is 0 Å². The van der Waals surface area contributed by atoms with Crippen molar-refractivity contribution in [3.8, 4) is 11.3 Å². The predicted molar refractivity (Wildman–Crippen MR) is 112 cm³/mol. The summed E-state index contributed by atoms with van der Waals surface area (Å²) in [5.41, 5.74) is 3.78. The Kier molecular flexibility index (Phi) is 5.26. The van der Waals surface area contributed by atoms with Gasteiger partial charge in [0.05, 0.1) is 17.6 Å². The summed E-state index contributed by atoms with van der Waals surface area (Å²) in [6.07, 6.45) is 0.369. The molecule has 3 aromatic heterocycles. The molecule has 0 unspecified atom stereocenters. The van der Waals surface area contributed by atoms with Crippen LogP contribution in [0.5, 0.6) is 0 Å². The molecule has 0 bridgehead atoms. The van der Waals surface area contributed by atoms with Crippen molar-refractivity contribution in [3.63, 3.8) is 0 Å². The molecule has 0 aliphatic rings. The first-order chi connectivity index (χ1) is 14.7. The number of fused-ring (bicyclic) bond motifs is 1. The van der Waals surface area contributed by atoms with Crippen LogP contribution in [0.15, 0.2) is 42.7 Å². The number of benzene rings is 1. The Labute approximate surface area is 177 Å². The maximum Gasteiger partial charge on any atom is 0.280 e. The van der Waals surface area contributed by atoms with Gasteiger partial charge in [-0.3, -0.25) is 9.48 Å². The van der Waals surface area contributed by atoms with E-state index in [1.807, 2.05) is 51.4 Å². The molecule has 0 N–H and O–H groups in total. The molecular weight excluding hydrogens is 402 g/mol. The summed E-state index contributed by atoms with van der Waals surface area (Å²) in [6, 6.07) is 8.72. The van der Waals surface area contributed by atoms with Gasteiger partial charge in [0.15, 0.2) is 5.65 Å². The number of aryl methyl sites for hydroxylation is 3. The normalized spacial score (nSPS) is 11.5. The Morgan fingerprint density at radius 1 is 1.19 bits per heavy atom. The van der Waals surface area contributed by atoms with Gasteiger partial charge in [-0.05, 0) is 19.9 Å². The molecule has 0 aliphatic carbocycles. The van der Waals surface area contributed by atoms with Gasteiger partial charge in [0, 0.05) is 38.0 Å². The fourth-order valence-electron chi connectivity index (χ4n) is 3.50. The van der Waals surface area contributed by atoms with Gasteiger partial charge in [-0.1, -0.05) is 29.8 Å². The molecule has 0 fully saturated rings. The van der Waals surface area contributed by atoms with Gasteiger partial charge in [0.2, 0.25) is 0 Å². The minimum atomic E-state index is -2.77. The highest BCUT2D eigenvalue weighted by Crippen LogP contribution is 2.27. The van der Waals surface area contributed by atoms with Crippen LogP contribution in [0.2, 0.25) is 0 Å². The zero-order valence-corrected chi connectivity index (χ0v) is 17.7. The van der Waals surface area contributed by atoms with E-state index in [1.54, 1.807) is 11.7 Å². The highest BCUT2D eigenvalue weighted by molar-refractivity contribution is 5.99. The van der Waals surface area contributed by atoms with Crippen molar-refractivity contribution >= 4 is 11.6 Å². The van der Waals surface area contributed by atoms with Gasteiger partial charge in [0.1, 0.15) is 11.3 Å². The van der Waals surface area contributed by atoms with Crippen LogP contribution >= 0.6 is 0 Å². The fraction of sp³-hybridized carbons (Fsp3) is 0.273. The lowest BCUT2D eigenvalue weighted by Gasteiger charge is -2.16. The number of hydrogen-bond donors (Lipinski definition) is 0. The van der Waals surface area contributed by atoms with Crippen LogP contribution in [0.4, 0.5) is 8.78 Å². The number of aromatic nitrogens is 5. The van der Waals surface area contributed by atoms with Crippen molar-refractivity contribution in [1.29, 1.82) is 0 Å². The molecule has 0 saturated carbocycles. The number of alkyl halides is 2. The second-order valence-corrected chi connectivity index (χ2v) is 7.60. The summed E-state index contributed by atoms with van der Waals surface area (Å²) in [4.78, 5) is 19.2. The summed E-state index contributed by atoms with van der Waals surface area (Å²) in [5, 5.41) is 8.32. The molecule has 0 radical (unpaired) electrons. The Balaban J connectivity index is 1.76. The van der Waals surface area contributed by atoms with Crippen LogP contribution < -0.4 is 0 Å².